The van der Waals surface area contributed by atoms with Crippen molar-refractivity contribution >= 4 is 21.9 Å². The lowest BCUT2D eigenvalue weighted by molar-refractivity contribution is 0.432. The van der Waals surface area contributed by atoms with Crippen molar-refractivity contribution in [2.75, 3.05) is 0 Å². The average Bonchev–Trinajstić information content (AvgIpc) is 3.33. The Hall–Kier alpha value is -3.41. The molecule has 0 unspecified atom stereocenters. The van der Waals surface area contributed by atoms with Gasteiger partial charge >= 0.3 is 0 Å². The fourth-order valence-corrected chi connectivity index (χ4v) is 2.90. The third kappa shape index (κ3) is 1.93. The third-order valence-corrected chi connectivity index (χ3v) is 4.21. The number of aromatic nitrogens is 5. The molecule has 0 radical (unpaired) electrons. The molecule has 6 nitrogen and oxygen atoms in total. The molecule has 0 spiro atoms. The molecule has 116 valence electrons. The largest absolute Gasteiger partial charge is 0.361 e. The zero-order valence-corrected chi connectivity index (χ0v) is 12.9. The summed E-state index contributed by atoms with van der Waals surface area (Å²) in [6.07, 6.45) is 3.71. The Balaban J connectivity index is 1.58. The van der Waals surface area contributed by atoms with Crippen molar-refractivity contribution in [3.63, 3.8) is 0 Å². The van der Waals surface area contributed by atoms with Crippen LogP contribution in [-0.2, 0) is 7.05 Å². The van der Waals surface area contributed by atoms with E-state index in [-0.39, 0.29) is 0 Å². The number of imidazole rings is 1. The van der Waals surface area contributed by atoms with Crippen molar-refractivity contribution < 1.29 is 4.52 Å². The van der Waals surface area contributed by atoms with Gasteiger partial charge in [-0.3, -0.25) is 0 Å². The predicted molar refractivity (Wildman–Crippen MR) is 91.3 cm³/mol. The average molecular weight is 315 g/mol. The number of benzene rings is 2. The molecule has 0 fully saturated rings. The first kappa shape index (κ1) is 13.1. The minimum absolute atomic E-state index is 0.506. The van der Waals surface area contributed by atoms with Crippen LogP contribution in [0.3, 0.4) is 0 Å². The van der Waals surface area contributed by atoms with Crippen LogP contribution < -0.4 is 0 Å². The van der Waals surface area contributed by atoms with Gasteiger partial charge in [0.25, 0.3) is 5.89 Å². The molecule has 3 aromatic heterocycles. The van der Waals surface area contributed by atoms with E-state index in [1.165, 1.54) is 0 Å². The number of aromatic amines is 1. The zero-order chi connectivity index (χ0) is 16.1. The lowest BCUT2D eigenvalue weighted by Crippen LogP contribution is -1.86. The van der Waals surface area contributed by atoms with Gasteiger partial charge in [-0.2, -0.15) is 4.98 Å². The summed E-state index contributed by atoms with van der Waals surface area (Å²) in [4.78, 5) is 12.1. The monoisotopic (exact) mass is 315 g/mol. The Morgan fingerprint density at radius 2 is 1.96 bits per heavy atom. The van der Waals surface area contributed by atoms with Crippen LogP contribution in [0, 0.1) is 0 Å². The van der Waals surface area contributed by atoms with E-state index in [0.29, 0.717) is 11.7 Å². The van der Waals surface area contributed by atoms with Crippen LogP contribution >= 0.6 is 0 Å². The van der Waals surface area contributed by atoms with Crippen molar-refractivity contribution in [2.24, 2.45) is 7.05 Å². The van der Waals surface area contributed by atoms with Crippen molar-refractivity contribution in [1.29, 1.82) is 0 Å². The molecule has 5 aromatic rings. The van der Waals surface area contributed by atoms with E-state index < -0.39 is 0 Å². The summed E-state index contributed by atoms with van der Waals surface area (Å²) < 4.78 is 7.43. The molecule has 2 aromatic carbocycles. The first-order valence-electron chi connectivity index (χ1n) is 7.61. The van der Waals surface area contributed by atoms with Crippen LogP contribution in [0.15, 0.2) is 59.5 Å². The molecule has 0 amide bonds. The smallest absolute Gasteiger partial charge is 0.258 e. The van der Waals surface area contributed by atoms with Crippen molar-refractivity contribution in [2.45, 2.75) is 0 Å². The Morgan fingerprint density at radius 3 is 2.92 bits per heavy atom. The Morgan fingerprint density at radius 1 is 1.04 bits per heavy atom. The van der Waals surface area contributed by atoms with Crippen molar-refractivity contribution in [3.8, 4) is 22.8 Å². The highest BCUT2D eigenvalue weighted by Crippen LogP contribution is 2.26. The van der Waals surface area contributed by atoms with Crippen LogP contribution in [0.5, 0.6) is 0 Å². The Labute approximate surface area is 136 Å². The summed E-state index contributed by atoms with van der Waals surface area (Å²) in [5.41, 5.74) is 4.82. The van der Waals surface area contributed by atoms with Gasteiger partial charge in [0.1, 0.15) is 0 Å². The second kappa shape index (κ2) is 4.79. The summed E-state index contributed by atoms with van der Waals surface area (Å²) in [5, 5.41) is 5.28. The Bertz CT molecular complexity index is 1180. The molecule has 6 heteroatoms. The molecule has 24 heavy (non-hydrogen) atoms. The molecule has 0 atom stereocenters. The SMILES string of the molecule is Cn1cnc2ccc(-c3noc(-c4ccc5cc[nH]c5c4)n3)cc21. The topological polar surface area (TPSA) is 72.5 Å². The second-order valence-corrected chi connectivity index (χ2v) is 5.76. The van der Waals surface area contributed by atoms with Crippen LogP contribution in [0.1, 0.15) is 0 Å². The number of hydrogen-bond donors (Lipinski definition) is 1. The number of nitrogens with one attached hydrogen (secondary N) is 1. The quantitative estimate of drug-likeness (QED) is 0.538. The Kier molecular flexibility index (Phi) is 2.61. The van der Waals surface area contributed by atoms with Gasteiger partial charge in [-0.05, 0) is 41.8 Å². The highest BCUT2D eigenvalue weighted by molar-refractivity contribution is 5.84. The van der Waals surface area contributed by atoms with E-state index in [1.807, 2.05) is 60.3 Å². The van der Waals surface area contributed by atoms with E-state index in [0.717, 1.165) is 33.1 Å². The molecular formula is C18H13N5O. The van der Waals surface area contributed by atoms with Crippen molar-refractivity contribution in [3.05, 3.63) is 55.0 Å². The number of nitrogens with zero attached hydrogens (tertiary/aromatic N) is 4. The van der Waals surface area contributed by atoms with Gasteiger partial charge in [-0.25, -0.2) is 4.98 Å². The maximum Gasteiger partial charge on any atom is 0.258 e. The number of hydrogen-bond acceptors (Lipinski definition) is 4. The lowest BCUT2D eigenvalue weighted by Gasteiger charge is -1.97. The van der Waals surface area contributed by atoms with E-state index in [4.69, 9.17) is 4.52 Å². The second-order valence-electron chi connectivity index (χ2n) is 5.76. The molecule has 5 rings (SSSR count). The number of H-pyrrole nitrogens is 1. The van der Waals surface area contributed by atoms with Gasteiger partial charge in [0.05, 0.1) is 17.4 Å². The molecule has 0 saturated heterocycles. The number of fused-ring (bicyclic) bond motifs is 2. The summed E-state index contributed by atoms with van der Waals surface area (Å²) >= 11 is 0. The van der Waals surface area contributed by atoms with Gasteiger partial charge in [0.15, 0.2) is 0 Å². The molecule has 3 heterocycles. The molecule has 0 aliphatic carbocycles. The standard InChI is InChI=1S/C18H13N5O/c1-23-10-20-14-5-4-12(9-16(14)23)17-21-18(24-22-17)13-3-2-11-6-7-19-15(11)8-13/h2-10,19H,1H3. The first-order valence-corrected chi connectivity index (χ1v) is 7.61. The summed E-state index contributed by atoms with van der Waals surface area (Å²) in [6.45, 7) is 0. The van der Waals surface area contributed by atoms with Gasteiger partial charge in [-0.1, -0.05) is 11.2 Å². The van der Waals surface area contributed by atoms with Crippen LogP contribution in [0.2, 0.25) is 0 Å². The lowest BCUT2D eigenvalue weighted by atomic mass is 10.1. The number of aryl methyl sites for hydroxylation is 1. The minimum atomic E-state index is 0.506. The summed E-state index contributed by atoms with van der Waals surface area (Å²) in [5.74, 6) is 1.08. The van der Waals surface area contributed by atoms with Gasteiger partial charge in [0.2, 0.25) is 5.82 Å². The predicted octanol–water partition coefficient (Wildman–Crippen LogP) is 3.77. The summed E-state index contributed by atoms with van der Waals surface area (Å²) in [7, 11) is 1.96. The third-order valence-electron chi connectivity index (χ3n) is 4.21. The van der Waals surface area contributed by atoms with Crippen molar-refractivity contribution in [1.82, 2.24) is 24.7 Å². The molecule has 1 N–H and O–H groups in total. The highest BCUT2D eigenvalue weighted by atomic mass is 16.5. The van der Waals surface area contributed by atoms with Gasteiger partial charge in [-0.15, -0.1) is 0 Å². The number of rotatable bonds is 2. The minimum Gasteiger partial charge on any atom is -0.361 e. The van der Waals surface area contributed by atoms with E-state index >= 15 is 0 Å². The van der Waals surface area contributed by atoms with Gasteiger partial charge in [0, 0.05) is 29.9 Å². The molecule has 0 aliphatic heterocycles. The van der Waals surface area contributed by atoms with Crippen LogP contribution in [0.25, 0.3) is 44.8 Å². The van der Waals surface area contributed by atoms with Gasteiger partial charge < -0.3 is 14.1 Å². The van der Waals surface area contributed by atoms with E-state index in [9.17, 15) is 0 Å². The fraction of sp³-hybridized carbons (Fsp3) is 0.0556. The summed E-state index contributed by atoms with van der Waals surface area (Å²) in [6, 6.07) is 14.0. The first-order chi connectivity index (χ1) is 11.8. The van der Waals surface area contributed by atoms with Crippen LogP contribution in [-0.4, -0.2) is 24.7 Å². The molecular weight excluding hydrogens is 302 g/mol. The molecule has 0 bridgehead atoms. The normalized spacial score (nSPS) is 11.5. The maximum absolute atomic E-state index is 5.46. The van der Waals surface area contributed by atoms with E-state index in [1.54, 1.807) is 6.33 Å². The highest BCUT2D eigenvalue weighted by Gasteiger charge is 2.12. The van der Waals surface area contributed by atoms with Crippen LogP contribution in [0.4, 0.5) is 0 Å². The molecule has 0 saturated carbocycles. The zero-order valence-electron chi connectivity index (χ0n) is 12.9. The fourth-order valence-electron chi connectivity index (χ4n) is 2.90. The maximum atomic E-state index is 5.46. The molecule has 0 aliphatic rings. The van der Waals surface area contributed by atoms with E-state index in [2.05, 4.69) is 20.1 Å².